The normalized spacial score (nSPS) is 19.9. The van der Waals surface area contributed by atoms with Crippen molar-refractivity contribution in [2.45, 2.75) is 52.1 Å². The first-order valence-corrected chi connectivity index (χ1v) is 9.02. The molecule has 1 aliphatic rings. The molecule has 1 amide bonds. The number of likely N-dealkylation sites (tertiary alicyclic amines) is 1. The number of ether oxygens (including phenoxy) is 1. The van der Waals surface area contributed by atoms with Gasteiger partial charge in [0.1, 0.15) is 5.75 Å². The first-order valence-electron chi connectivity index (χ1n) is 9.02. The van der Waals surface area contributed by atoms with E-state index in [1.54, 1.807) is 0 Å². The molecule has 1 heterocycles. The van der Waals surface area contributed by atoms with Gasteiger partial charge in [0, 0.05) is 13.1 Å². The fourth-order valence-electron chi connectivity index (χ4n) is 3.27. The third-order valence-electron chi connectivity index (χ3n) is 4.68. The van der Waals surface area contributed by atoms with E-state index in [2.05, 4.69) is 32.2 Å². The molecule has 0 saturated carbocycles. The van der Waals surface area contributed by atoms with Crippen molar-refractivity contribution in [3.05, 3.63) is 29.8 Å². The minimum atomic E-state index is -0.450. The number of benzene rings is 1. The van der Waals surface area contributed by atoms with Gasteiger partial charge in [-0.2, -0.15) is 0 Å². The minimum Gasteiger partial charge on any atom is -0.481 e. The molecule has 1 N–H and O–H groups in total. The van der Waals surface area contributed by atoms with Gasteiger partial charge in [-0.3, -0.25) is 4.79 Å². The second-order valence-corrected chi connectivity index (χ2v) is 7.89. The second kappa shape index (κ2) is 8.02. The molecule has 2 unspecified atom stereocenters. The Morgan fingerprint density at radius 3 is 2.83 bits per heavy atom. The van der Waals surface area contributed by atoms with Gasteiger partial charge in [0.2, 0.25) is 0 Å². The van der Waals surface area contributed by atoms with E-state index in [9.17, 15) is 4.79 Å². The first kappa shape index (κ1) is 18.8. The zero-order chi connectivity index (χ0) is 17.7. The van der Waals surface area contributed by atoms with Gasteiger partial charge in [-0.25, -0.2) is 0 Å². The number of amides is 1. The average Bonchev–Trinajstić information content (AvgIpc) is 2.54. The standard InChI is InChI=1S/C20H32N2O2/c1-15(19(23)22-11-7-8-16(14-22)13-21-5)24-18-10-6-9-17(12-18)20(2,3)4/h6,9-10,12,15-16,21H,7-8,11,13-14H2,1-5H3. The highest BCUT2D eigenvalue weighted by atomic mass is 16.5. The number of nitrogens with zero attached hydrogens (tertiary/aromatic N) is 1. The van der Waals surface area contributed by atoms with Crippen molar-refractivity contribution in [2.75, 3.05) is 26.7 Å². The van der Waals surface area contributed by atoms with Gasteiger partial charge >= 0.3 is 0 Å². The molecule has 4 heteroatoms. The van der Waals surface area contributed by atoms with Crippen LogP contribution in [0.5, 0.6) is 5.75 Å². The molecule has 1 aliphatic heterocycles. The molecule has 2 rings (SSSR count). The van der Waals surface area contributed by atoms with Crippen molar-refractivity contribution in [3.8, 4) is 5.75 Å². The summed E-state index contributed by atoms with van der Waals surface area (Å²) in [7, 11) is 1.97. The summed E-state index contributed by atoms with van der Waals surface area (Å²) < 4.78 is 5.95. The van der Waals surface area contributed by atoms with Crippen LogP contribution in [0.4, 0.5) is 0 Å². The van der Waals surface area contributed by atoms with E-state index in [1.807, 2.05) is 37.1 Å². The quantitative estimate of drug-likeness (QED) is 0.900. The number of hydrogen-bond acceptors (Lipinski definition) is 3. The third kappa shape index (κ3) is 4.97. The van der Waals surface area contributed by atoms with E-state index >= 15 is 0 Å². The summed E-state index contributed by atoms with van der Waals surface area (Å²) >= 11 is 0. The average molecular weight is 332 g/mol. The van der Waals surface area contributed by atoms with E-state index in [-0.39, 0.29) is 11.3 Å². The van der Waals surface area contributed by atoms with Crippen LogP contribution in [0, 0.1) is 5.92 Å². The monoisotopic (exact) mass is 332 g/mol. The van der Waals surface area contributed by atoms with Crippen molar-refractivity contribution >= 4 is 5.91 Å². The third-order valence-corrected chi connectivity index (χ3v) is 4.68. The lowest BCUT2D eigenvalue weighted by atomic mass is 9.87. The van der Waals surface area contributed by atoms with Crippen LogP contribution in [0.2, 0.25) is 0 Å². The Bertz CT molecular complexity index is 549. The van der Waals surface area contributed by atoms with Crippen molar-refractivity contribution in [1.82, 2.24) is 10.2 Å². The lowest BCUT2D eigenvalue weighted by Gasteiger charge is -2.34. The zero-order valence-corrected chi connectivity index (χ0v) is 15.8. The van der Waals surface area contributed by atoms with Crippen molar-refractivity contribution in [2.24, 2.45) is 5.92 Å². The van der Waals surface area contributed by atoms with Gasteiger partial charge in [-0.15, -0.1) is 0 Å². The molecule has 0 aliphatic carbocycles. The zero-order valence-electron chi connectivity index (χ0n) is 15.8. The van der Waals surface area contributed by atoms with E-state index in [4.69, 9.17) is 4.74 Å². The van der Waals surface area contributed by atoms with Crippen LogP contribution in [0.1, 0.15) is 46.1 Å². The Morgan fingerprint density at radius 1 is 1.42 bits per heavy atom. The lowest BCUT2D eigenvalue weighted by Crippen LogP contribution is -2.47. The maximum Gasteiger partial charge on any atom is 0.263 e. The van der Waals surface area contributed by atoms with Crippen LogP contribution < -0.4 is 10.1 Å². The number of carbonyl (C=O) groups is 1. The van der Waals surface area contributed by atoms with Crippen LogP contribution in [-0.4, -0.2) is 43.6 Å². The van der Waals surface area contributed by atoms with Gasteiger partial charge < -0.3 is 15.0 Å². The fraction of sp³-hybridized carbons (Fsp3) is 0.650. The first-order chi connectivity index (χ1) is 11.3. The van der Waals surface area contributed by atoms with Crippen molar-refractivity contribution < 1.29 is 9.53 Å². The van der Waals surface area contributed by atoms with E-state index in [1.165, 1.54) is 12.0 Å². The van der Waals surface area contributed by atoms with Crippen LogP contribution in [-0.2, 0) is 10.2 Å². The van der Waals surface area contributed by atoms with Crippen LogP contribution in [0.25, 0.3) is 0 Å². The largest absolute Gasteiger partial charge is 0.481 e. The molecule has 0 bridgehead atoms. The maximum absolute atomic E-state index is 12.7. The van der Waals surface area contributed by atoms with Gasteiger partial charge in [-0.1, -0.05) is 32.9 Å². The minimum absolute atomic E-state index is 0.0693. The number of nitrogens with one attached hydrogen (secondary N) is 1. The topological polar surface area (TPSA) is 41.6 Å². The van der Waals surface area contributed by atoms with Crippen LogP contribution in [0.3, 0.4) is 0 Å². The number of rotatable bonds is 5. The molecule has 0 radical (unpaired) electrons. The van der Waals surface area contributed by atoms with Crippen LogP contribution in [0.15, 0.2) is 24.3 Å². The summed E-state index contributed by atoms with van der Waals surface area (Å²) in [6, 6.07) is 8.08. The SMILES string of the molecule is CNCC1CCCN(C(=O)C(C)Oc2cccc(C(C)(C)C)c2)C1. The highest BCUT2D eigenvalue weighted by Crippen LogP contribution is 2.26. The summed E-state index contributed by atoms with van der Waals surface area (Å²) in [6.07, 6.45) is 1.81. The highest BCUT2D eigenvalue weighted by molar-refractivity contribution is 5.81. The Morgan fingerprint density at radius 2 is 2.17 bits per heavy atom. The van der Waals surface area contributed by atoms with Crippen LogP contribution >= 0.6 is 0 Å². The second-order valence-electron chi connectivity index (χ2n) is 7.89. The predicted molar refractivity (Wildman–Crippen MR) is 98.5 cm³/mol. The molecule has 2 atom stereocenters. The molecule has 1 aromatic carbocycles. The summed E-state index contributed by atoms with van der Waals surface area (Å²) in [4.78, 5) is 14.7. The van der Waals surface area contributed by atoms with E-state index in [0.717, 1.165) is 31.8 Å². The Hall–Kier alpha value is -1.55. The van der Waals surface area contributed by atoms with E-state index < -0.39 is 6.10 Å². The molecule has 24 heavy (non-hydrogen) atoms. The van der Waals surface area contributed by atoms with Crippen molar-refractivity contribution in [1.29, 1.82) is 0 Å². The molecule has 0 spiro atoms. The molecular weight excluding hydrogens is 300 g/mol. The molecular formula is C20H32N2O2. The number of piperidine rings is 1. The summed E-state index contributed by atoms with van der Waals surface area (Å²) in [6.45, 7) is 11.0. The number of carbonyl (C=O) groups excluding carboxylic acids is 1. The van der Waals surface area contributed by atoms with Crippen molar-refractivity contribution in [3.63, 3.8) is 0 Å². The summed E-state index contributed by atoms with van der Waals surface area (Å²) in [5, 5.41) is 3.22. The summed E-state index contributed by atoms with van der Waals surface area (Å²) in [5.41, 5.74) is 1.28. The smallest absolute Gasteiger partial charge is 0.263 e. The molecule has 1 fully saturated rings. The summed E-state index contributed by atoms with van der Waals surface area (Å²) in [5.74, 6) is 1.41. The molecule has 134 valence electrons. The van der Waals surface area contributed by atoms with Gasteiger partial charge in [-0.05, 0) is 62.4 Å². The fourth-order valence-corrected chi connectivity index (χ4v) is 3.27. The Labute approximate surface area is 146 Å². The molecule has 0 aromatic heterocycles. The van der Waals surface area contributed by atoms with Gasteiger partial charge in [0.15, 0.2) is 6.10 Å². The highest BCUT2D eigenvalue weighted by Gasteiger charge is 2.27. The Balaban J connectivity index is 1.99. The molecule has 4 nitrogen and oxygen atoms in total. The Kier molecular flexibility index (Phi) is 6.27. The van der Waals surface area contributed by atoms with E-state index in [0.29, 0.717) is 5.92 Å². The lowest BCUT2D eigenvalue weighted by molar-refractivity contribution is -0.139. The van der Waals surface area contributed by atoms with Gasteiger partial charge in [0.25, 0.3) is 5.91 Å². The molecule has 1 saturated heterocycles. The number of hydrogen-bond donors (Lipinski definition) is 1. The van der Waals surface area contributed by atoms with Gasteiger partial charge in [0.05, 0.1) is 0 Å². The maximum atomic E-state index is 12.7. The predicted octanol–water partition coefficient (Wildman–Crippen LogP) is 3.21. The molecule has 1 aromatic rings.